The van der Waals surface area contributed by atoms with Crippen LogP contribution >= 0.6 is 0 Å². The molecular formula is C20H23N3O5. The predicted molar refractivity (Wildman–Crippen MR) is 102 cm³/mol. The Morgan fingerprint density at radius 3 is 2.32 bits per heavy atom. The Morgan fingerprint density at radius 1 is 1.00 bits per heavy atom. The molecule has 0 radical (unpaired) electrons. The van der Waals surface area contributed by atoms with Gasteiger partial charge in [0.2, 0.25) is 11.8 Å². The van der Waals surface area contributed by atoms with Gasteiger partial charge in [-0.2, -0.15) is 0 Å². The molecule has 3 amide bonds. The number of nitrogens with one attached hydrogen (secondary N) is 2. The van der Waals surface area contributed by atoms with Gasteiger partial charge in [0.15, 0.2) is 0 Å². The van der Waals surface area contributed by atoms with Crippen molar-refractivity contribution < 1.29 is 23.9 Å². The minimum absolute atomic E-state index is 0.0833. The summed E-state index contributed by atoms with van der Waals surface area (Å²) in [6.45, 7) is -0.311. The first-order valence-electron chi connectivity index (χ1n) is 8.64. The minimum Gasteiger partial charge on any atom is -0.497 e. The molecule has 8 heteroatoms. The maximum absolute atomic E-state index is 12.0. The number of imide groups is 1. The number of methoxy groups -OCH3 is 1. The molecule has 1 atom stereocenters. The Balaban J connectivity index is 1.69. The molecule has 0 saturated carbocycles. The second-order valence-corrected chi connectivity index (χ2v) is 5.99. The Kier molecular flexibility index (Phi) is 7.98. The van der Waals surface area contributed by atoms with Gasteiger partial charge in [-0.15, -0.1) is 0 Å². The van der Waals surface area contributed by atoms with Crippen LogP contribution in [0.4, 0.5) is 4.79 Å². The number of carbonyl (C=O) groups excluding carboxylic acids is 3. The summed E-state index contributed by atoms with van der Waals surface area (Å²) in [6, 6.07) is 15.3. The molecule has 0 heterocycles. The third kappa shape index (κ3) is 7.08. The quantitative estimate of drug-likeness (QED) is 0.627. The lowest BCUT2D eigenvalue weighted by Crippen LogP contribution is -2.47. The third-order valence-electron chi connectivity index (χ3n) is 3.82. The summed E-state index contributed by atoms with van der Waals surface area (Å²) in [6.07, 6.45) is -0.496. The zero-order chi connectivity index (χ0) is 20.4. The van der Waals surface area contributed by atoms with Crippen LogP contribution in [-0.2, 0) is 27.4 Å². The first-order chi connectivity index (χ1) is 13.5. The molecule has 0 bridgehead atoms. The first-order valence-corrected chi connectivity index (χ1v) is 8.64. The first kappa shape index (κ1) is 20.9. The van der Waals surface area contributed by atoms with Gasteiger partial charge in [-0.05, 0) is 29.7 Å². The normalized spacial score (nSPS) is 11.2. The maximum Gasteiger partial charge on any atom is 0.407 e. The molecule has 0 aliphatic carbocycles. The summed E-state index contributed by atoms with van der Waals surface area (Å²) in [5.41, 5.74) is 7.48. The molecule has 0 spiro atoms. The minimum atomic E-state index is -0.901. The van der Waals surface area contributed by atoms with E-state index >= 15 is 0 Å². The zero-order valence-corrected chi connectivity index (χ0v) is 15.5. The van der Waals surface area contributed by atoms with Crippen molar-refractivity contribution in [1.29, 1.82) is 0 Å². The molecular weight excluding hydrogens is 362 g/mol. The smallest absolute Gasteiger partial charge is 0.407 e. The van der Waals surface area contributed by atoms with Gasteiger partial charge in [-0.25, -0.2) is 4.79 Å². The number of rotatable bonds is 8. The summed E-state index contributed by atoms with van der Waals surface area (Å²) in [5, 5.41) is 4.43. The maximum atomic E-state index is 12.0. The molecule has 0 aliphatic rings. The number of nitrogens with two attached hydrogens (primary N) is 1. The number of hydrogen-bond donors (Lipinski definition) is 3. The molecule has 28 heavy (non-hydrogen) atoms. The van der Waals surface area contributed by atoms with E-state index in [1.165, 1.54) is 0 Å². The van der Waals surface area contributed by atoms with Gasteiger partial charge in [0, 0.05) is 0 Å². The van der Waals surface area contributed by atoms with Crippen LogP contribution in [0.25, 0.3) is 0 Å². The van der Waals surface area contributed by atoms with Crippen LogP contribution in [-0.4, -0.2) is 37.6 Å². The lowest BCUT2D eigenvalue weighted by atomic mass is 10.1. The van der Waals surface area contributed by atoms with E-state index in [-0.39, 0.29) is 13.0 Å². The highest BCUT2D eigenvalue weighted by Crippen LogP contribution is 2.12. The van der Waals surface area contributed by atoms with Crippen molar-refractivity contribution in [3.05, 3.63) is 65.7 Å². The molecule has 148 valence electrons. The van der Waals surface area contributed by atoms with Gasteiger partial charge >= 0.3 is 6.09 Å². The van der Waals surface area contributed by atoms with E-state index in [0.29, 0.717) is 5.75 Å². The van der Waals surface area contributed by atoms with Crippen LogP contribution in [0.15, 0.2) is 54.6 Å². The van der Waals surface area contributed by atoms with Crippen LogP contribution < -0.4 is 21.1 Å². The van der Waals surface area contributed by atoms with Crippen molar-refractivity contribution in [2.75, 3.05) is 13.7 Å². The number of alkyl carbamates (subject to hydrolysis) is 1. The highest BCUT2D eigenvalue weighted by Gasteiger charge is 2.17. The van der Waals surface area contributed by atoms with E-state index in [1.54, 1.807) is 31.4 Å². The van der Waals surface area contributed by atoms with Crippen LogP contribution in [0.5, 0.6) is 5.75 Å². The highest BCUT2D eigenvalue weighted by atomic mass is 16.5. The van der Waals surface area contributed by atoms with Crippen molar-refractivity contribution in [1.82, 2.24) is 10.6 Å². The van der Waals surface area contributed by atoms with Crippen LogP contribution in [0, 0.1) is 0 Å². The van der Waals surface area contributed by atoms with Crippen LogP contribution in [0.2, 0.25) is 0 Å². The van der Waals surface area contributed by atoms with Crippen molar-refractivity contribution in [3.8, 4) is 5.75 Å². The fourth-order valence-electron chi connectivity index (χ4n) is 2.31. The molecule has 2 aromatic rings. The van der Waals surface area contributed by atoms with E-state index in [2.05, 4.69) is 10.6 Å². The highest BCUT2D eigenvalue weighted by molar-refractivity contribution is 5.99. The number of ether oxygens (including phenoxy) is 2. The standard InChI is InChI=1S/C20H23N3O5/c1-27-16-9-7-14(8-10-16)11-17(21)19(25)23-18(24)12-22-20(26)28-13-15-5-3-2-4-6-15/h2-10,17H,11-13,21H2,1H3,(H,22,26)(H,23,24,25)/t17-/m0/s1. The van der Waals surface area contributed by atoms with Gasteiger partial charge in [0.05, 0.1) is 13.2 Å². The summed E-state index contributed by atoms with van der Waals surface area (Å²) >= 11 is 0. The summed E-state index contributed by atoms with van der Waals surface area (Å²) < 4.78 is 10.0. The SMILES string of the molecule is COc1ccc(C[C@H](N)C(=O)NC(=O)CNC(=O)OCc2ccccc2)cc1. The molecule has 4 N–H and O–H groups in total. The fraction of sp³-hybridized carbons (Fsp3) is 0.250. The number of hydrogen-bond acceptors (Lipinski definition) is 6. The average molecular weight is 385 g/mol. The van der Waals surface area contributed by atoms with E-state index in [0.717, 1.165) is 11.1 Å². The average Bonchev–Trinajstić information content (AvgIpc) is 2.72. The molecule has 0 aliphatic heterocycles. The second-order valence-electron chi connectivity index (χ2n) is 5.99. The third-order valence-corrected chi connectivity index (χ3v) is 3.82. The van der Waals surface area contributed by atoms with E-state index in [9.17, 15) is 14.4 Å². The molecule has 0 unspecified atom stereocenters. The molecule has 0 saturated heterocycles. The van der Waals surface area contributed by atoms with Gasteiger partial charge in [0.25, 0.3) is 0 Å². The fourth-order valence-corrected chi connectivity index (χ4v) is 2.31. The summed E-state index contributed by atoms with van der Waals surface area (Å²) in [7, 11) is 1.56. The Labute approximate surface area is 163 Å². The van der Waals surface area contributed by atoms with Crippen molar-refractivity contribution in [2.24, 2.45) is 5.73 Å². The van der Waals surface area contributed by atoms with Crippen molar-refractivity contribution in [2.45, 2.75) is 19.1 Å². The van der Waals surface area contributed by atoms with Crippen molar-refractivity contribution >= 4 is 17.9 Å². The molecule has 0 aromatic heterocycles. The molecule has 2 aromatic carbocycles. The summed E-state index contributed by atoms with van der Waals surface area (Å²) in [5.74, 6) is -0.603. The van der Waals surface area contributed by atoms with Crippen molar-refractivity contribution in [3.63, 3.8) is 0 Å². The van der Waals surface area contributed by atoms with Gasteiger partial charge in [0.1, 0.15) is 18.9 Å². The van der Waals surface area contributed by atoms with Gasteiger partial charge in [-0.1, -0.05) is 42.5 Å². The molecule has 8 nitrogen and oxygen atoms in total. The molecule has 2 rings (SSSR count). The monoisotopic (exact) mass is 385 g/mol. The summed E-state index contributed by atoms with van der Waals surface area (Å²) in [4.78, 5) is 35.4. The van der Waals surface area contributed by atoms with Crippen LogP contribution in [0.3, 0.4) is 0 Å². The zero-order valence-electron chi connectivity index (χ0n) is 15.5. The Bertz CT molecular complexity index is 793. The number of benzene rings is 2. The number of carbonyl (C=O) groups is 3. The lowest BCUT2D eigenvalue weighted by molar-refractivity contribution is -0.130. The lowest BCUT2D eigenvalue weighted by Gasteiger charge is -2.12. The largest absolute Gasteiger partial charge is 0.497 e. The second kappa shape index (κ2) is 10.7. The number of amides is 3. The Morgan fingerprint density at radius 2 is 1.68 bits per heavy atom. The topological polar surface area (TPSA) is 120 Å². The van der Waals surface area contributed by atoms with E-state index < -0.39 is 30.5 Å². The van der Waals surface area contributed by atoms with E-state index in [1.807, 2.05) is 30.3 Å². The van der Waals surface area contributed by atoms with E-state index in [4.69, 9.17) is 15.2 Å². The molecule has 0 fully saturated rings. The van der Waals surface area contributed by atoms with Crippen LogP contribution in [0.1, 0.15) is 11.1 Å². The Hall–Kier alpha value is -3.39. The van der Waals surface area contributed by atoms with Gasteiger partial charge < -0.3 is 20.5 Å². The van der Waals surface area contributed by atoms with Gasteiger partial charge in [-0.3, -0.25) is 14.9 Å². The predicted octanol–water partition coefficient (Wildman–Crippen LogP) is 1.13.